The maximum absolute atomic E-state index is 5.17. The van der Waals surface area contributed by atoms with E-state index in [1.807, 2.05) is 12.3 Å². The Hall–Kier alpha value is -5.71. The number of fused-ring (bicyclic) bond motifs is 6. The molecule has 4 heterocycles. The van der Waals surface area contributed by atoms with E-state index in [2.05, 4.69) is 173 Å². The molecule has 0 saturated carbocycles. The first-order valence-electron chi connectivity index (χ1n) is 16.4. The van der Waals surface area contributed by atoms with E-state index in [1.165, 1.54) is 16.3 Å². The molecule has 1 aliphatic rings. The predicted molar refractivity (Wildman–Crippen MR) is 200 cm³/mol. The first kappa shape index (κ1) is 30.4. The molecule has 0 aliphatic carbocycles. The molecule has 50 heavy (non-hydrogen) atoms. The van der Waals surface area contributed by atoms with E-state index >= 15 is 0 Å². The van der Waals surface area contributed by atoms with Crippen molar-refractivity contribution < 1.29 is 21.1 Å². The molecule has 0 unspecified atom stereocenters. The Morgan fingerprint density at radius 3 is 2.32 bits per heavy atom. The van der Waals surface area contributed by atoms with Crippen LogP contribution >= 0.6 is 0 Å². The van der Waals surface area contributed by atoms with Gasteiger partial charge in [0, 0.05) is 45.7 Å². The molecule has 6 nitrogen and oxygen atoms in total. The van der Waals surface area contributed by atoms with E-state index in [0.717, 1.165) is 72.7 Å². The van der Waals surface area contributed by atoms with Crippen molar-refractivity contribution in [3.8, 4) is 28.2 Å². The van der Waals surface area contributed by atoms with Crippen LogP contribution in [-0.2, 0) is 28.1 Å². The molecular weight excluding hydrogens is 796 g/mol. The molecule has 0 atom stereocenters. The molecule has 0 N–H and O–H groups in total. The standard InChI is InChI=1S/C43H29N6.Pt/c1-46-27-48(40-15-6-5-14-39(40)46)33-11-7-12-34(26-33)49-41-25-32(18-20-35(41)36-13-8-22-44-43(36)49)42-45-37-24-31(19-21-38(37)47(42)2)30-17-16-28-9-3-4-10-29(28)23-30;/h3-24,27H,1-2H3;/q-3;. The molecule has 7 heteroatoms. The Morgan fingerprint density at radius 1 is 0.640 bits per heavy atom. The van der Waals surface area contributed by atoms with Crippen LogP contribution in [-0.4, -0.2) is 26.1 Å². The normalized spacial score (nSPS) is 12.7. The summed E-state index contributed by atoms with van der Waals surface area (Å²) in [4.78, 5) is 14.3. The minimum Gasteiger partial charge on any atom is -0.504 e. The zero-order valence-electron chi connectivity index (χ0n) is 27.3. The molecule has 0 fully saturated rings. The summed E-state index contributed by atoms with van der Waals surface area (Å²) in [6.45, 7) is 2.10. The van der Waals surface area contributed by atoms with Gasteiger partial charge in [0.25, 0.3) is 0 Å². The second kappa shape index (κ2) is 11.7. The van der Waals surface area contributed by atoms with Gasteiger partial charge in [0.2, 0.25) is 0 Å². The van der Waals surface area contributed by atoms with Crippen LogP contribution in [0.15, 0.2) is 134 Å². The number of pyridine rings is 1. The van der Waals surface area contributed by atoms with Crippen LogP contribution in [0.2, 0.25) is 0 Å². The molecular formula is C43H29N6Pt-3. The summed E-state index contributed by atoms with van der Waals surface area (Å²) in [6.07, 6.45) is 1.85. The molecule has 0 bridgehead atoms. The number of hydrogen-bond acceptors (Lipinski definition) is 4. The number of para-hydroxylation sites is 2. The largest absolute Gasteiger partial charge is 0.504 e. The van der Waals surface area contributed by atoms with E-state index in [9.17, 15) is 0 Å². The Morgan fingerprint density at radius 2 is 1.42 bits per heavy atom. The number of anilines is 3. The molecule has 0 amide bonds. The van der Waals surface area contributed by atoms with Crippen molar-refractivity contribution in [3.63, 3.8) is 0 Å². The summed E-state index contributed by atoms with van der Waals surface area (Å²) in [7, 11) is 4.15. The van der Waals surface area contributed by atoms with Gasteiger partial charge in [0.15, 0.2) is 0 Å². The van der Waals surface area contributed by atoms with E-state index in [-0.39, 0.29) is 21.1 Å². The van der Waals surface area contributed by atoms with Gasteiger partial charge in [-0.3, -0.25) is 4.98 Å². The second-order valence-electron chi connectivity index (χ2n) is 12.6. The van der Waals surface area contributed by atoms with E-state index < -0.39 is 0 Å². The van der Waals surface area contributed by atoms with Crippen molar-refractivity contribution >= 4 is 60.8 Å². The van der Waals surface area contributed by atoms with Gasteiger partial charge in [0.1, 0.15) is 5.65 Å². The Bertz CT molecular complexity index is 2760. The van der Waals surface area contributed by atoms with Gasteiger partial charge in [-0.25, -0.2) is 4.98 Å². The zero-order valence-corrected chi connectivity index (χ0v) is 29.6. The van der Waals surface area contributed by atoms with Crippen molar-refractivity contribution in [2.75, 3.05) is 16.8 Å². The molecule has 10 rings (SSSR count). The number of aromatic nitrogens is 4. The van der Waals surface area contributed by atoms with Gasteiger partial charge in [-0.2, -0.15) is 12.7 Å². The van der Waals surface area contributed by atoms with Crippen molar-refractivity contribution in [1.29, 1.82) is 0 Å². The van der Waals surface area contributed by atoms with E-state index in [1.54, 1.807) is 0 Å². The van der Waals surface area contributed by atoms with Crippen LogP contribution in [0.3, 0.4) is 0 Å². The number of hydrogen-bond donors (Lipinski definition) is 0. The molecule has 9 aromatic rings. The van der Waals surface area contributed by atoms with Gasteiger partial charge in [-0.05, 0) is 76.2 Å². The van der Waals surface area contributed by atoms with Gasteiger partial charge in [0.05, 0.1) is 16.9 Å². The first-order valence-corrected chi connectivity index (χ1v) is 16.4. The van der Waals surface area contributed by atoms with Crippen LogP contribution in [0.1, 0.15) is 0 Å². The van der Waals surface area contributed by atoms with Gasteiger partial charge in [-0.1, -0.05) is 71.7 Å². The average molecular weight is 825 g/mol. The van der Waals surface area contributed by atoms with Crippen molar-refractivity contribution in [2.45, 2.75) is 0 Å². The monoisotopic (exact) mass is 824 g/mol. The molecule has 6 aromatic carbocycles. The maximum atomic E-state index is 5.17. The third-order valence-corrected chi connectivity index (χ3v) is 9.72. The van der Waals surface area contributed by atoms with Crippen LogP contribution in [0.5, 0.6) is 0 Å². The van der Waals surface area contributed by atoms with Crippen LogP contribution < -0.4 is 9.80 Å². The zero-order chi connectivity index (χ0) is 32.6. The Kier molecular flexibility index (Phi) is 7.11. The summed E-state index contributed by atoms with van der Waals surface area (Å²) in [5.74, 6) is 0.862. The van der Waals surface area contributed by atoms with E-state index in [0.29, 0.717) is 0 Å². The number of benzene rings is 6. The summed E-state index contributed by atoms with van der Waals surface area (Å²) < 4.78 is 4.33. The van der Waals surface area contributed by atoms with Crippen LogP contribution in [0, 0.1) is 18.8 Å². The maximum Gasteiger partial charge on any atom is 0.132 e. The number of imidazole rings is 1. The van der Waals surface area contributed by atoms with Crippen LogP contribution in [0.4, 0.5) is 17.1 Å². The molecule has 0 spiro atoms. The molecule has 3 aromatic heterocycles. The molecule has 244 valence electrons. The van der Waals surface area contributed by atoms with E-state index in [4.69, 9.17) is 9.97 Å². The SMILES string of the molecule is CN1[CH-]N(c2[c-]c(-n3c4[c-]c(-c5nc6cc(-c7ccc8ccccc8c7)ccc6n5C)ccc4c4cccnc43)ccc2)c2ccccc21.[Pt]. The smallest absolute Gasteiger partial charge is 0.132 e. The van der Waals surface area contributed by atoms with Gasteiger partial charge < -0.3 is 18.9 Å². The summed E-state index contributed by atoms with van der Waals surface area (Å²) in [6, 6.07) is 52.2. The van der Waals surface area contributed by atoms with Gasteiger partial charge in [-0.15, -0.1) is 47.6 Å². The second-order valence-corrected chi connectivity index (χ2v) is 12.6. The molecule has 0 saturated heterocycles. The minimum absolute atomic E-state index is 0. The number of nitrogens with zero attached hydrogens (tertiary/aromatic N) is 6. The quantitative estimate of drug-likeness (QED) is 0.166. The number of rotatable bonds is 4. The summed E-state index contributed by atoms with van der Waals surface area (Å²) >= 11 is 0. The Labute approximate surface area is 304 Å². The molecule has 0 radical (unpaired) electrons. The average Bonchev–Trinajstić information content (AvgIpc) is 3.79. The number of aryl methyl sites for hydroxylation is 1. The fourth-order valence-corrected chi connectivity index (χ4v) is 7.29. The third kappa shape index (κ3) is 4.67. The molecule has 1 aliphatic heterocycles. The first-order chi connectivity index (χ1) is 24.1. The Balaban J connectivity index is 0.00000336. The van der Waals surface area contributed by atoms with Gasteiger partial charge >= 0.3 is 0 Å². The van der Waals surface area contributed by atoms with Crippen molar-refractivity contribution in [1.82, 2.24) is 19.1 Å². The predicted octanol–water partition coefficient (Wildman–Crippen LogP) is 9.86. The fraction of sp³-hybridized carbons (Fsp3) is 0.0465. The van der Waals surface area contributed by atoms with Crippen molar-refractivity contribution in [3.05, 3.63) is 152 Å². The topological polar surface area (TPSA) is 42.1 Å². The summed E-state index contributed by atoms with van der Waals surface area (Å²) in [5.41, 5.74) is 11.2. The summed E-state index contributed by atoms with van der Waals surface area (Å²) in [5, 5.41) is 4.62. The fourth-order valence-electron chi connectivity index (χ4n) is 7.29. The minimum atomic E-state index is 0. The third-order valence-electron chi connectivity index (χ3n) is 9.72. The van der Waals surface area contributed by atoms with Crippen molar-refractivity contribution in [2.24, 2.45) is 7.05 Å². The van der Waals surface area contributed by atoms with Crippen LogP contribution in [0.25, 0.3) is 71.9 Å².